The number of hydrogen-bond acceptors (Lipinski definition) is 4. The molecule has 0 aromatic carbocycles. The largest absolute Gasteiger partial charge is 0.480 e. The van der Waals surface area contributed by atoms with Crippen LogP contribution in [0.2, 0.25) is 0 Å². The first kappa shape index (κ1) is 14.4. The summed E-state index contributed by atoms with van der Waals surface area (Å²) < 4.78 is 24.8. The van der Waals surface area contributed by atoms with Crippen molar-refractivity contribution in [2.45, 2.75) is 19.8 Å². The smallest absolute Gasteiger partial charge is 0.320 e. The first-order valence-corrected chi connectivity index (χ1v) is 7.47. The Balaban J connectivity index is 2.60. The van der Waals surface area contributed by atoms with Crippen LogP contribution in [0.4, 0.5) is 0 Å². The average molecular weight is 264 g/mol. The molecule has 1 rings (SSSR count). The summed E-state index contributed by atoms with van der Waals surface area (Å²) in [6, 6.07) is 0. The lowest BCUT2D eigenvalue weighted by Crippen LogP contribution is -2.42. The van der Waals surface area contributed by atoms with Crippen LogP contribution in [-0.4, -0.2) is 55.7 Å². The number of nitrogens with one attached hydrogen (secondary N) is 1. The number of sulfonamides is 1. The Morgan fingerprint density at radius 2 is 2.24 bits per heavy atom. The third-order valence-corrected chi connectivity index (χ3v) is 4.72. The van der Waals surface area contributed by atoms with E-state index in [2.05, 4.69) is 5.32 Å². The summed E-state index contributed by atoms with van der Waals surface area (Å²) >= 11 is 0. The number of rotatable bonds is 6. The van der Waals surface area contributed by atoms with Crippen LogP contribution in [0.1, 0.15) is 19.8 Å². The van der Waals surface area contributed by atoms with E-state index in [1.807, 2.05) is 0 Å². The van der Waals surface area contributed by atoms with E-state index >= 15 is 0 Å². The molecule has 1 atom stereocenters. The minimum absolute atomic E-state index is 0.285. The van der Waals surface area contributed by atoms with Gasteiger partial charge in [0.2, 0.25) is 10.0 Å². The van der Waals surface area contributed by atoms with Gasteiger partial charge >= 0.3 is 5.97 Å². The molecule has 1 unspecified atom stereocenters. The van der Waals surface area contributed by atoms with E-state index in [9.17, 15) is 13.2 Å². The molecule has 17 heavy (non-hydrogen) atoms. The Bertz CT molecular complexity index is 349. The Morgan fingerprint density at radius 1 is 1.53 bits per heavy atom. The first-order valence-electron chi connectivity index (χ1n) is 5.86. The second kappa shape index (κ2) is 6.32. The summed E-state index contributed by atoms with van der Waals surface area (Å²) in [6.07, 6.45) is 2.04. The molecule has 100 valence electrons. The standard InChI is InChI=1S/C10H20N2O4S/c1-2-12(17(15,16)8-10(13)14)7-9-4-3-5-11-6-9/h9,11H,2-8H2,1H3,(H,13,14). The number of aliphatic carboxylic acids is 1. The number of hydrogen-bond donors (Lipinski definition) is 2. The molecule has 0 aromatic rings. The molecular weight excluding hydrogens is 244 g/mol. The highest BCUT2D eigenvalue weighted by atomic mass is 32.2. The third-order valence-electron chi connectivity index (χ3n) is 2.91. The highest BCUT2D eigenvalue weighted by molar-refractivity contribution is 7.89. The van der Waals surface area contributed by atoms with Crippen LogP contribution >= 0.6 is 0 Å². The maximum absolute atomic E-state index is 11.8. The van der Waals surface area contributed by atoms with Gasteiger partial charge in [-0.15, -0.1) is 0 Å². The molecule has 0 saturated carbocycles. The number of carboxylic acid groups (broad SMARTS) is 1. The molecule has 7 heteroatoms. The second-order valence-electron chi connectivity index (χ2n) is 4.31. The summed E-state index contributed by atoms with van der Waals surface area (Å²) in [4.78, 5) is 10.5. The maximum Gasteiger partial charge on any atom is 0.320 e. The van der Waals surface area contributed by atoms with Crippen LogP contribution in [0, 0.1) is 5.92 Å². The van der Waals surface area contributed by atoms with Crippen molar-refractivity contribution < 1.29 is 18.3 Å². The lowest BCUT2D eigenvalue weighted by molar-refractivity contribution is -0.134. The lowest BCUT2D eigenvalue weighted by Gasteiger charge is -2.28. The van der Waals surface area contributed by atoms with Gasteiger partial charge in [-0.3, -0.25) is 4.79 Å². The van der Waals surface area contributed by atoms with E-state index in [1.54, 1.807) is 6.92 Å². The van der Waals surface area contributed by atoms with Crippen LogP contribution in [-0.2, 0) is 14.8 Å². The summed E-state index contributed by atoms with van der Waals surface area (Å²) in [7, 11) is -3.67. The predicted molar refractivity (Wildman–Crippen MR) is 64.3 cm³/mol. The molecule has 0 radical (unpaired) electrons. The van der Waals surface area contributed by atoms with Crippen LogP contribution in [0.5, 0.6) is 0 Å². The quantitative estimate of drug-likeness (QED) is 0.689. The molecule has 0 bridgehead atoms. The zero-order valence-electron chi connectivity index (χ0n) is 10.1. The fourth-order valence-electron chi connectivity index (χ4n) is 2.05. The Labute approximate surface area is 102 Å². The first-order chi connectivity index (χ1) is 7.95. The van der Waals surface area contributed by atoms with Gasteiger partial charge in [0.15, 0.2) is 5.75 Å². The van der Waals surface area contributed by atoms with E-state index < -0.39 is 21.7 Å². The Hall–Kier alpha value is -0.660. The normalized spacial score (nSPS) is 21.6. The number of nitrogens with zero attached hydrogens (tertiary/aromatic N) is 1. The van der Waals surface area contributed by atoms with Gasteiger partial charge in [-0.2, -0.15) is 0 Å². The van der Waals surface area contributed by atoms with Crippen LogP contribution in [0.25, 0.3) is 0 Å². The van der Waals surface area contributed by atoms with Gasteiger partial charge in [-0.25, -0.2) is 12.7 Å². The van der Waals surface area contributed by atoms with E-state index in [1.165, 1.54) is 4.31 Å². The van der Waals surface area contributed by atoms with Gasteiger partial charge in [0.25, 0.3) is 0 Å². The summed E-state index contributed by atoms with van der Waals surface area (Å²) in [5.41, 5.74) is 0. The lowest BCUT2D eigenvalue weighted by atomic mass is 10.00. The second-order valence-corrected chi connectivity index (χ2v) is 6.28. The van der Waals surface area contributed by atoms with Crippen molar-refractivity contribution in [3.63, 3.8) is 0 Å². The highest BCUT2D eigenvalue weighted by Crippen LogP contribution is 2.14. The molecule has 1 fully saturated rings. The van der Waals surface area contributed by atoms with Crippen molar-refractivity contribution in [2.75, 3.05) is 31.9 Å². The zero-order valence-corrected chi connectivity index (χ0v) is 10.9. The summed E-state index contributed by atoms with van der Waals surface area (Å²) in [5.74, 6) is -1.83. The minimum Gasteiger partial charge on any atom is -0.480 e. The van der Waals surface area contributed by atoms with Gasteiger partial charge in [0.05, 0.1) is 0 Å². The van der Waals surface area contributed by atoms with E-state index in [0.29, 0.717) is 13.1 Å². The fraction of sp³-hybridized carbons (Fsp3) is 0.900. The highest BCUT2D eigenvalue weighted by Gasteiger charge is 2.26. The zero-order chi connectivity index (χ0) is 12.9. The van der Waals surface area contributed by atoms with Crippen LogP contribution in [0.3, 0.4) is 0 Å². The third kappa shape index (κ3) is 4.61. The molecule has 0 spiro atoms. The monoisotopic (exact) mass is 264 g/mol. The van der Waals surface area contributed by atoms with E-state index in [4.69, 9.17) is 5.11 Å². The van der Waals surface area contributed by atoms with E-state index in [-0.39, 0.29) is 5.92 Å². The summed E-state index contributed by atoms with van der Waals surface area (Å²) in [5, 5.41) is 11.8. The molecule has 2 N–H and O–H groups in total. The molecule has 0 aliphatic carbocycles. The van der Waals surface area contributed by atoms with Crippen molar-refractivity contribution in [1.82, 2.24) is 9.62 Å². The molecule has 0 amide bonds. The van der Waals surface area contributed by atoms with Gasteiger partial charge < -0.3 is 10.4 Å². The molecule has 1 aliphatic heterocycles. The van der Waals surface area contributed by atoms with Gasteiger partial charge in [-0.1, -0.05) is 6.92 Å². The van der Waals surface area contributed by atoms with Crippen molar-refractivity contribution in [3.8, 4) is 0 Å². The van der Waals surface area contributed by atoms with Crippen molar-refractivity contribution >= 4 is 16.0 Å². The SMILES string of the molecule is CCN(CC1CCCNC1)S(=O)(=O)CC(=O)O. The molecular formula is C10H20N2O4S. The van der Waals surface area contributed by atoms with Gasteiger partial charge in [-0.05, 0) is 31.8 Å². The predicted octanol–water partition coefficient (Wildman–Crippen LogP) is -0.278. The molecule has 1 heterocycles. The summed E-state index contributed by atoms with van der Waals surface area (Å²) in [6.45, 7) is 4.25. The minimum atomic E-state index is -3.67. The molecule has 1 saturated heterocycles. The fourth-order valence-corrected chi connectivity index (χ4v) is 3.38. The Morgan fingerprint density at radius 3 is 2.71 bits per heavy atom. The topological polar surface area (TPSA) is 86.7 Å². The molecule has 6 nitrogen and oxygen atoms in total. The molecule has 1 aliphatic rings. The van der Waals surface area contributed by atoms with Crippen molar-refractivity contribution in [3.05, 3.63) is 0 Å². The van der Waals surface area contributed by atoms with Crippen molar-refractivity contribution in [1.29, 1.82) is 0 Å². The molecule has 0 aromatic heterocycles. The number of carbonyl (C=O) groups is 1. The van der Waals surface area contributed by atoms with Gasteiger partial charge in [0.1, 0.15) is 0 Å². The van der Waals surface area contributed by atoms with E-state index in [0.717, 1.165) is 25.9 Å². The number of piperidine rings is 1. The van der Waals surface area contributed by atoms with Crippen molar-refractivity contribution in [2.24, 2.45) is 5.92 Å². The van der Waals surface area contributed by atoms with Gasteiger partial charge in [0, 0.05) is 13.1 Å². The Kier molecular flexibility index (Phi) is 5.35. The maximum atomic E-state index is 11.8. The van der Waals surface area contributed by atoms with Crippen LogP contribution in [0.15, 0.2) is 0 Å². The number of carboxylic acids is 1. The van der Waals surface area contributed by atoms with Crippen LogP contribution < -0.4 is 5.32 Å². The average Bonchev–Trinajstić information content (AvgIpc) is 2.25.